The maximum absolute atomic E-state index is 10.9. The lowest BCUT2D eigenvalue weighted by atomic mass is 10.1. The molecule has 0 N–H and O–H groups in total. The van der Waals surface area contributed by atoms with Crippen LogP contribution in [0.2, 0.25) is 0 Å². The van der Waals surface area contributed by atoms with Gasteiger partial charge in [0.2, 0.25) is 0 Å². The zero-order valence-corrected chi connectivity index (χ0v) is 8.35. The zero-order chi connectivity index (χ0) is 10.3. The Morgan fingerprint density at radius 2 is 1.93 bits per heavy atom. The molecule has 0 bridgehead atoms. The number of carbonyl (C=O) groups excluding carboxylic acids is 1. The molecule has 1 heterocycles. The lowest BCUT2D eigenvalue weighted by Crippen LogP contribution is -1.93. The van der Waals surface area contributed by atoms with Crippen molar-refractivity contribution in [3.8, 4) is 0 Å². The first-order chi connectivity index (χ1) is 7.34. The number of carbonyl (C=O) groups is 1. The molecule has 76 valence electrons. The molecule has 3 rings (SSSR count). The summed E-state index contributed by atoms with van der Waals surface area (Å²) in [5.74, 6) is 0.967. The lowest BCUT2D eigenvalue weighted by Gasteiger charge is -1.99. The van der Waals surface area contributed by atoms with Crippen LogP contribution in [-0.2, 0) is 9.53 Å². The molecule has 1 aliphatic heterocycles. The van der Waals surface area contributed by atoms with Crippen LogP contribution in [0.5, 0.6) is 0 Å². The summed E-state index contributed by atoms with van der Waals surface area (Å²) in [6.45, 7) is 0.507. The molecule has 15 heavy (non-hydrogen) atoms. The lowest BCUT2D eigenvalue weighted by molar-refractivity contribution is -0.134. The summed E-state index contributed by atoms with van der Waals surface area (Å²) in [6.07, 6.45) is 2.82. The van der Waals surface area contributed by atoms with Gasteiger partial charge < -0.3 is 4.74 Å². The Bertz CT molecular complexity index is 419. The summed E-state index contributed by atoms with van der Waals surface area (Å²) in [5.41, 5.74) is 2.55. The second-order valence-electron chi connectivity index (χ2n) is 4.19. The fourth-order valence-corrected chi connectivity index (χ4v) is 2.28. The van der Waals surface area contributed by atoms with Crippen LogP contribution in [0.15, 0.2) is 42.0 Å². The van der Waals surface area contributed by atoms with Gasteiger partial charge in [0.05, 0.1) is 0 Å². The number of ether oxygens (including phenoxy) is 1. The van der Waals surface area contributed by atoms with Crippen LogP contribution >= 0.6 is 0 Å². The molecule has 2 heteroatoms. The first kappa shape index (κ1) is 8.72. The maximum Gasteiger partial charge on any atom is 0.331 e. The van der Waals surface area contributed by atoms with E-state index in [0.29, 0.717) is 18.4 Å². The predicted molar refractivity (Wildman–Crippen MR) is 56.3 cm³/mol. The molecule has 1 aliphatic carbocycles. The van der Waals surface area contributed by atoms with Gasteiger partial charge in [-0.15, -0.1) is 0 Å². The van der Waals surface area contributed by atoms with E-state index in [4.69, 9.17) is 4.74 Å². The predicted octanol–water partition coefficient (Wildman–Crippen LogP) is 2.27. The van der Waals surface area contributed by atoms with E-state index in [1.54, 1.807) is 6.08 Å². The molecule has 1 saturated carbocycles. The highest BCUT2D eigenvalue weighted by Gasteiger charge is 2.42. The van der Waals surface area contributed by atoms with Crippen molar-refractivity contribution in [2.24, 2.45) is 5.92 Å². The van der Waals surface area contributed by atoms with Crippen LogP contribution < -0.4 is 0 Å². The van der Waals surface area contributed by atoms with E-state index in [9.17, 15) is 4.79 Å². The van der Waals surface area contributed by atoms with Crippen molar-refractivity contribution in [2.45, 2.75) is 12.3 Å². The smallest absolute Gasteiger partial charge is 0.331 e. The van der Waals surface area contributed by atoms with Gasteiger partial charge in [0, 0.05) is 6.08 Å². The Labute approximate surface area is 88.6 Å². The van der Waals surface area contributed by atoms with Gasteiger partial charge in [-0.05, 0) is 29.4 Å². The van der Waals surface area contributed by atoms with Gasteiger partial charge in [-0.25, -0.2) is 4.79 Å². The van der Waals surface area contributed by atoms with Crippen molar-refractivity contribution in [2.75, 3.05) is 6.61 Å². The Morgan fingerprint density at radius 1 is 1.13 bits per heavy atom. The van der Waals surface area contributed by atoms with Crippen molar-refractivity contribution >= 4 is 5.97 Å². The fourth-order valence-electron chi connectivity index (χ4n) is 2.28. The third-order valence-electron chi connectivity index (χ3n) is 3.18. The molecule has 0 unspecified atom stereocenters. The van der Waals surface area contributed by atoms with E-state index in [1.165, 1.54) is 11.1 Å². The normalized spacial score (nSPS) is 28.5. The Balaban J connectivity index is 1.75. The minimum Gasteiger partial charge on any atom is -0.458 e. The highest BCUT2D eigenvalue weighted by molar-refractivity contribution is 5.85. The number of cyclic esters (lactones) is 1. The van der Waals surface area contributed by atoms with Crippen LogP contribution in [0.1, 0.15) is 17.9 Å². The van der Waals surface area contributed by atoms with E-state index >= 15 is 0 Å². The first-order valence-electron chi connectivity index (χ1n) is 5.27. The van der Waals surface area contributed by atoms with Gasteiger partial charge in [-0.1, -0.05) is 30.3 Å². The zero-order valence-electron chi connectivity index (χ0n) is 8.35. The van der Waals surface area contributed by atoms with Crippen molar-refractivity contribution in [3.05, 3.63) is 47.5 Å². The third kappa shape index (κ3) is 1.56. The SMILES string of the molecule is O=C1C=C([C@H]2C[C@@H]2c2ccccc2)CO1. The largest absolute Gasteiger partial charge is 0.458 e. The molecule has 0 amide bonds. The standard InChI is InChI=1S/C13H12O2/c14-13-6-10(8-15-13)12-7-11(12)9-4-2-1-3-5-9/h1-6,11-12H,7-8H2/t11-,12-/m1/s1. The van der Waals surface area contributed by atoms with E-state index in [-0.39, 0.29) is 5.97 Å². The first-order valence-corrected chi connectivity index (χ1v) is 5.27. The summed E-state index contributed by atoms with van der Waals surface area (Å²) in [5, 5.41) is 0. The number of hydrogen-bond acceptors (Lipinski definition) is 2. The topological polar surface area (TPSA) is 26.3 Å². The third-order valence-corrected chi connectivity index (χ3v) is 3.18. The van der Waals surface area contributed by atoms with Crippen molar-refractivity contribution < 1.29 is 9.53 Å². The van der Waals surface area contributed by atoms with Gasteiger partial charge in [0.15, 0.2) is 0 Å². The van der Waals surface area contributed by atoms with Gasteiger partial charge in [-0.3, -0.25) is 0 Å². The second kappa shape index (κ2) is 3.23. The summed E-state index contributed by atoms with van der Waals surface area (Å²) in [7, 11) is 0. The summed E-state index contributed by atoms with van der Waals surface area (Å²) in [6, 6.07) is 10.5. The van der Waals surface area contributed by atoms with Gasteiger partial charge in [-0.2, -0.15) is 0 Å². The molecule has 2 atom stereocenters. The average molecular weight is 200 g/mol. The highest BCUT2D eigenvalue weighted by atomic mass is 16.5. The second-order valence-corrected chi connectivity index (χ2v) is 4.19. The van der Waals surface area contributed by atoms with E-state index in [2.05, 4.69) is 24.3 Å². The number of esters is 1. The number of benzene rings is 1. The minimum atomic E-state index is -0.177. The Kier molecular flexibility index (Phi) is 1.88. The van der Waals surface area contributed by atoms with Crippen LogP contribution in [-0.4, -0.2) is 12.6 Å². The molecule has 0 aromatic heterocycles. The van der Waals surface area contributed by atoms with E-state index in [0.717, 1.165) is 6.42 Å². The molecular formula is C13H12O2. The number of rotatable bonds is 2. The summed E-state index contributed by atoms with van der Waals surface area (Å²) in [4.78, 5) is 10.9. The molecule has 0 radical (unpaired) electrons. The molecule has 1 aromatic carbocycles. The Morgan fingerprint density at radius 3 is 2.60 bits per heavy atom. The van der Waals surface area contributed by atoms with Gasteiger partial charge in [0.25, 0.3) is 0 Å². The van der Waals surface area contributed by atoms with Crippen LogP contribution in [0, 0.1) is 5.92 Å². The molecular weight excluding hydrogens is 188 g/mol. The fraction of sp³-hybridized carbons (Fsp3) is 0.308. The van der Waals surface area contributed by atoms with Crippen molar-refractivity contribution in [1.82, 2.24) is 0 Å². The maximum atomic E-state index is 10.9. The molecule has 1 aromatic rings. The minimum absolute atomic E-state index is 0.177. The number of hydrogen-bond donors (Lipinski definition) is 0. The van der Waals surface area contributed by atoms with Crippen molar-refractivity contribution in [3.63, 3.8) is 0 Å². The molecule has 1 fully saturated rings. The molecule has 0 saturated heterocycles. The van der Waals surface area contributed by atoms with Crippen LogP contribution in [0.4, 0.5) is 0 Å². The summed E-state index contributed by atoms with van der Waals surface area (Å²) >= 11 is 0. The molecule has 2 aliphatic rings. The Hall–Kier alpha value is -1.57. The quantitative estimate of drug-likeness (QED) is 0.684. The highest BCUT2D eigenvalue weighted by Crippen LogP contribution is 2.52. The van der Waals surface area contributed by atoms with Crippen LogP contribution in [0.3, 0.4) is 0 Å². The average Bonchev–Trinajstić information content (AvgIpc) is 2.96. The van der Waals surface area contributed by atoms with Crippen LogP contribution in [0.25, 0.3) is 0 Å². The van der Waals surface area contributed by atoms with E-state index in [1.807, 2.05) is 6.07 Å². The molecule has 0 spiro atoms. The van der Waals surface area contributed by atoms with Gasteiger partial charge in [0.1, 0.15) is 6.61 Å². The molecule has 2 nitrogen and oxygen atoms in total. The van der Waals surface area contributed by atoms with Gasteiger partial charge >= 0.3 is 5.97 Å². The van der Waals surface area contributed by atoms with Crippen molar-refractivity contribution in [1.29, 1.82) is 0 Å². The summed E-state index contributed by atoms with van der Waals surface area (Å²) < 4.78 is 4.92. The van der Waals surface area contributed by atoms with E-state index < -0.39 is 0 Å². The monoisotopic (exact) mass is 200 g/mol.